The van der Waals surface area contributed by atoms with Gasteiger partial charge >= 0.3 is 0 Å². The minimum atomic E-state index is -0.0642. The fraction of sp³-hybridized carbons (Fsp3) is 0.385. The van der Waals surface area contributed by atoms with Gasteiger partial charge in [0.2, 0.25) is 0 Å². The number of methoxy groups -OCH3 is 1. The predicted octanol–water partition coefficient (Wildman–Crippen LogP) is 3.51. The van der Waals surface area contributed by atoms with Crippen molar-refractivity contribution in [2.45, 2.75) is 25.9 Å². The molecule has 0 fully saturated rings. The van der Waals surface area contributed by atoms with E-state index in [1.54, 1.807) is 7.11 Å². The number of hydrogen-bond acceptors (Lipinski definition) is 1. The van der Waals surface area contributed by atoms with Crippen LogP contribution in [-0.4, -0.2) is 12.7 Å². The summed E-state index contributed by atoms with van der Waals surface area (Å²) < 4.78 is 5.32. The van der Waals surface area contributed by atoms with Crippen molar-refractivity contribution in [3.8, 4) is 0 Å². The van der Waals surface area contributed by atoms with E-state index in [1.165, 1.54) is 5.56 Å². The zero-order valence-electron chi connectivity index (χ0n) is 9.16. The van der Waals surface area contributed by atoms with Gasteiger partial charge in [0.05, 0.1) is 5.60 Å². The van der Waals surface area contributed by atoms with Gasteiger partial charge in [0.1, 0.15) is 0 Å². The minimum Gasteiger partial charge on any atom is -0.378 e. The Morgan fingerprint density at radius 2 is 1.86 bits per heavy atom. The zero-order valence-corrected chi connectivity index (χ0v) is 9.16. The Hall–Kier alpha value is -1.08. The highest BCUT2D eigenvalue weighted by atomic mass is 16.5. The lowest BCUT2D eigenvalue weighted by Crippen LogP contribution is -2.20. The third-order valence-electron chi connectivity index (χ3n) is 2.27. The van der Waals surface area contributed by atoms with Gasteiger partial charge in [-0.05, 0) is 25.8 Å². The molecular formula is C13H18O. The van der Waals surface area contributed by atoms with Crippen LogP contribution in [0.3, 0.4) is 0 Å². The number of benzene rings is 1. The standard InChI is InChI=1S/C13H18O/c1-13(2,14-3)11-7-10-12-8-5-4-6-9-12/h4-10H,11H2,1-3H3/b10-7+. The number of rotatable bonds is 4. The van der Waals surface area contributed by atoms with Crippen molar-refractivity contribution in [1.82, 2.24) is 0 Å². The molecule has 0 aromatic heterocycles. The molecule has 1 aromatic rings. The molecule has 0 unspecified atom stereocenters. The van der Waals surface area contributed by atoms with Crippen LogP contribution in [0.25, 0.3) is 6.08 Å². The Morgan fingerprint density at radius 1 is 1.21 bits per heavy atom. The third-order valence-corrected chi connectivity index (χ3v) is 2.27. The summed E-state index contributed by atoms with van der Waals surface area (Å²) in [7, 11) is 1.75. The average Bonchev–Trinajstić information content (AvgIpc) is 2.19. The molecule has 0 heterocycles. The lowest BCUT2D eigenvalue weighted by molar-refractivity contribution is 0.0256. The van der Waals surface area contributed by atoms with Crippen LogP contribution in [0.4, 0.5) is 0 Å². The molecule has 1 nitrogen and oxygen atoms in total. The molecule has 0 spiro atoms. The van der Waals surface area contributed by atoms with E-state index >= 15 is 0 Å². The molecule has 1 heteroatoms. The number of ether oxygens (including phenoxy) is 1. The summed E-state index contributed by atoms with van der Waals surface area (Å²) >= 11 is 0. The molecule has 0 aliphatic carbocycles. The van der Waals surface area contributed by atoms with Crippen molar-refractivity contribution >= 4 is 6.08 Å². The van der Waals surface area contributed by atoms with Crippen molar-refractivity contribution < 1.29 is 4.74 Å². The van der Waals surface area contributed by atoms with Gasteiger partial charge in [0, 0.05) is 7.11 Å². The van der Waals surface area contributed by atoms with Gasteiger partial charge in [-0.25, -0.2) is 0 Å². The Kier molecular flexibility index (Phi) is 3.90. The van der Waals surface area contributed by atoms with E-state index < -0.39 is 0 Å². The second-order valence-electron chi connectivity index (χ2n) is 3.98. The van der Waals surface area contributed by atoms with Crippen LogP contribution in [0.1, 0.15) is 25.8 Å². The van der Waals surface area contributed by atoms with Gasteiger partial charge < -0.3 is 4.74 Å². The maximum Gasteiger partial charge on any atom is 0.0657 e. The van der Waals surface area contributed by atoms with Gasteiger partial charge in [-0.3, -0.25) is 0 Å². The van der Waals surface area contributed by atoms with Crippen LogP contribution < -0.4 is 0 Å². The number of hydrogen-bond donors (Lipinski definition) is 0. The summed E-state index contributed by atoms with van der Waals surface area (Å²) in [5.41, 5.74) is 1.17. The maximum absolute atomic E-state index is 5.32. The first-order valence-corrected chi connectivity index (χ1v) is 4.91. The molecule has 0 aliphatic rings. The molecule has 1 rings (SSSR count). The molecule has 0 saturated heterocycles. The molecular weight excluding hydrogens is 172 g/mol. The summed E-state index contributed by atoms with van der Waals surface area (Å²) in [5.74, 6) is 0. The second-order valence-corrected chi connectivity index (χ2v) is 3.98. The largest absolute Gasteiger partial charge is 0.378 e. The van der Waals surface area contributed by atoms with E-state index in [0.717, 1.165) is 6.42 Å². The van der Waals surface area contributed by atoms with Crippen LogP contribution in [0.2, 0.25) is 0 Å². The summed E-state index contributed by atoms with van der Waals surface area (Å²) in [4.78, 5) is 0. The average molecular weight is 190 g/mol. The van der Waals surface area contributed by atoms with E-state index in [9.17, 15) is 0 Å². The summed E-state index contributed by atoms with van der Waals surface area (Å²) in [6.07, 6.45) is 5.21. The molecule has 76 valence electrons. The zero-order chi connectivity index (χ0) is 10.4. The third kappa shape index (κ3) is 3.75. The molecule has 0 amide bonds. The molecule has 0 N–H and O–H groups in total. The van der Waals surface area contributed by atoms with E-state index in [0.29, 0.717) is 0 Å². The van der Waals surface area contributed by atoms with Gasteiger partial charge in [-0.2, -0.15) is 0 Å². The molecule has 0 atom stereocenters. The van der Waals surface area contributed by atoms with Crippen LogP contribution in [0.5, 0.6) is 0 Å². The van der Waals surface area contributed by atoms with Crippen molar-refractivity contribution in [3.63, 3.8) is 0 Å². The molecule has 0 saturated carbocycles. The lowest BCUT2D eigenvalue weighted by Gasteiger charge is -2.20. The maximum atomic E-state index is 5.32. The monoisotopic (exact) mass is 190 g/mol. The smallest absolute Gasteiger partial charge is 0.0657 e. The first-order chi connectivity index (χ1) is 6.64. The van der Waals surface area contributed by atoms with Crippen molar-refractivity contribution in [2.75, 3.05) is 7.11 Å². The highest BCUT2D eigenvalue weighted by Crippen LogP contribution is 2.14. The molecule has 0 radical (unpaired) electrons. The van der Waals surface area contributed by atoms with Gasteiger partial charge in [-0.15, -0.1) is 0 Å². The Bertz CT molecular complexity index is 285. The van der Waals surface area contributed by atoms with E-state index in [-0.39, 0.29) is 5.60 Å². The molecule has 0 aliphatic heterocycles. The van der Waals surface area contributed by atoms with Gasteiger partial charge in [-0.1, -0.05) is 42.5 Å². The first kappa shape index (κ1) is 11.0. The normalized spacial score (nSPS) is 12.2. The summed E-state index contributed by atoms with van der Waals surface area (Å²) in [6.45, 7) is 4.17. The van der Waals surface area contributed by atoms with Gasteiger partial charge in [0.25, 0.3) is 0 Å². The minimum absolute atomic E-state index is 0.0642. The summed E-state index contributed by atoms with van der Waals surface area (Å²) in [6, 6.07) is 10.3. The van der Waals surface area contributed by atoms with E-state index in [4.69, 9.17) is 4.74 Å². The first-order valence-electron chi connectivity index (χ1n) is 4.91. The van der Waals surface area contributed by atoms with Crippen molar-refractivity contribution in [2.24, 2.45) is 0 Å². The molecule has 0 bridgehead atoms. The molecule has 14 heavy (non-hydrogen) atoms. The SMILES string of the molecule is COC(C)(C)C/C=C/c1ccccc1. The highest BCUT2D eigenvalue weighted by Gasteiger charge is 2.12. The quantitative estimate of drug-likeness (QED) is 0.706. The molecule has 1 aromatic carbocycles. The van der Waals surface area contributed by atoms with Crippen LogP contribution in [0.15, 0.2) is 36.4 Å². The highest BCUT2D eigenvalue weighted by molar-refractivity contribution is 5.48. The van der Waals surface area contributed by atoms with Gasteiger partial charge in [0.15, 0.2) is 0 Å². The van der Waals surface area contributed by atoms with Crippen LogP contribution in [-0.2, 0) is 4.74 Å². The van der Waals surface area contributed by atoms with Crippen LogP contribution >= 0.6 is 0 Å². The van der Waals surface area contributed by atoms with Crippen molar-refractivity contribution in [3.05, 3.63) is 42.0 Å². The van der Waals surface area contributed by atoms with E-state index in [2.05, 4.69) is 38.1 Å². The fourth-order valence-corrected chi connectivity index (χ4v) is 1.13. The topological polar surface area (TPSA) is 9.23 Å². The Morgan fingerprint density at radius 3 is 2.43 bits per heavy atom. The van der Waals surface area contributed by atoms with E-state index in [1.807, 2.05) is 18.2 Å². The fourth-order valence-electron chi connectivity index (χ4n) is 1.13. The summed E-state index contributed by atoms with van der Waals surface area (Å²) in [5, 5.41) is 0. The Balaban J connectivity index is 2.50. The Labute approximate surface area is 86.4 Å². The van der Waals surface area contributed by atoms with Crippen LogP contribution in [0, 0.1) is 0 Å². The second kappa shape index (κ2) is 4.97. The predicted molar refractivity (Wildman–Crippen MR) is 61.2 cm³/mol. The van der Waals surface area contributed by atoms with Crippen molar-refractivity contribution in [1.29, 1.82) is 0 Å². The lowest BCUT2D eigenvalue weighted by atomic mass is 10.0.